The lowest BCUT2D eigenvalue weighted by Crippen LogP contribution is -2.49. The Hall–Kier alpha value is -0.0300. The maximum absolute atomic E-state index is 10.3. The Morgan fingerprint density at radius 3 is 2.91 bits per heavy atom. The quantitative estimate of drug-likeness (QED) is 0.754. The van der Waals surface area contributed by atoms with Gasteiger partial charge < -0.3 is 9.84 Å². The lowest BCUT2D eigenvalue weighted by atomic mass is 9.49. The third-order valence-corrected chi connectivity index (χ3v) is 7.96. The van der Waals surface area contributed by atoms with E-state index in [1.165, 1.54) is 24.2 Å². The Kier molecular flexibility index (Phi) is 5.46. The van der Waals surface area contributed by atoms with Gasteiger partial charge in [0.1, 0.15) is 0 Å². The number of ether oxygens (including phenoxy) is 1. The van der Waals surface area contributed by atoms with Crippen molar-refractivity contribution in [3.05, 3.63) is 11.6 Å². The predicted molar refractivity (Wildman–Crippen MR) is 97.9 cm³/mol. The van der Waals surface area contributed by atoms with E-state index in [0.29, 0.717) is 35.8 Å². The second kappa shape index (κ2) is 7.07. The van der Waals surface area contributed by atoms with Crippen molar-refractivity contribution >= 4 is 11.8 Å². The maximum atomic E-state index is 10.3. The van der Waals surface area contributed by atoms with Gasteiger partial charge in [0.2, 0.25) is 0 Å². The number of β-amino-alcohol motifs (C(OH)–C–C–N with tert-alkyl or cyclic N) is 1. The number of hydrogen-bond acceptors (Lipinski definition) is 4. The van der Waals surface area contributed by atoms with Gasteiger partial charge in [-0.2, -0.15) is 11.8 Å². The molecular formula is C19H33NO2S. The minimum Gasteiger partial charge on any atom is -0.389 e. The number of thioether (sulfide) groups is 1. The molecule has 3 aliphatic carbocycles. The van der Waals surface area contributed by atoms with Crippen LogP contribution >= 0.6 is 11.8 Å². The van der Waals surface area contributed by atoms with Gasteiger partial charge in [-0.15, -0.1) is 0 Å². The third-order valence-electron chi connectivity index (χ3n) is 6.62. The molecule has 4 aliphatic rings. The van der Waals surface area contributed by atoms with E-state index >= 15 is 0 Å². The van der Waals surface area contributed by atoms with E-state index in [2.05, 4.69) is 38.7 Å². The fourth-order valence-corrected chi connectivity index (χ4v) is 5.69. The largest absolute Gasteiger partial charge is 0.389 e. The highest BCUT2D eigenvalue weighted by Gasteiger charge is 2.50. The smallest absolute Gasteiger partial charge is 0.0900 e. The fourth-order valence-electron chi connectivity index (χ4n) is 4.53. The van der Waals surface area contributed by atoms with Crippen molar-refractivity contribution in [1.29, 1.82) is 0 Å². The summed E-state index contributed by atoms with van der Waals surface area (Å²) in [5, 5.41) is 11.0. The van der Waals surface area contributed by atoms with Gasteiger partial charge in [-0.05, 0) is 42.6 Å². The molecule has 0 aromatic heterocycles. The molecule has 1 saturated heterocycles. The summed E-state index contributed by atoms with van der Waals surface area (Å²) in [5.74, 6) is 2.75. The van der Waals surface area contributed by atoms with Gasteiger partial charge in [-0.3, -0.25) is 4.90 Å². The minimum atomic E-state index is -0.376. The highest BCUT2D eigenvalue weighted by Crippen LogP contribution is 2.59. The first-order chi connectivity index (χ1) is 10.9. The van der Waals surface area contributed by atoms with Crippen LogP contribution in [0.4, 0.5) is 0 Å². The Labute approximate surface area is 145 Å². The summed E-state index contributed by atoms with van der Waals surface area (Å²) in [4.78, 5) is 2.41. The van der Waals surface area contributed by atoms with Crippen LogP contribution in [0, 0.1) is 17.3 Å². The number of rotatable bonds is 6. The molecule has 5 atom stereocenters. The molecule has 0 unspecified atom stereocenters. The number of hydrogen-bond donors (Lipinski definition) is 1. The normalized spacial score (nSPS) is 37.9. The van der Waals surface area contributed by atoms with Crippen molar-refractivity contribution in [3.8, 4) is 0 Å². The standard InChI is InChI=1S/C19H33NO2S/c1-13-14(2)23-8-7-20(13)10-17(21)12-22-11-15-5-6-16-9-18(15)19(16,3)4/h5,13-14,16-18,21H,6-12H2,1-4H3/t13-,14+,16+,17-,18-/m1/s1. The van der Waals surface area contributed by atoms with E-state index in [-0.39, 0.29) is 6.10 Å². The summed E-state index contributed by atoms with van der Waals surface area (Å²) >= 11 is 2.04. The molecular weight excluding hydrogens is 306 g/mol. The molecule has 1 heterocycles. The van der Waals surface area contributed by atoms with Gasteiger partial charge in [0.05, 0.1) is 19.3 Å². The lowest BCUT2D eigenvalue weighted by molar-refractivity contribution is -0.0271. The van der Waals surface area contributed by atoms with Crippen LogP contribution in [0.3, 0.4) is 0 Å². The molecule has 4 rings (SSSR count). The molecule has 2 fully saturated rings. The average Bonchev–Trinajstić information content (AvgIpc) is 2.52. The number of allylic oxidation sites excluding steroid dienone is 1. The summed E-state index contributed by atoms with van der Waals surface area (Å²) in [6.45, 7) is 12.3. The Bertz CT molecular complexity index is 451. The Morgan fingerprint density at radius 1 is 1.43 bits per heavy atom. The molecule has 132 valence electrons. The molecule has 23 heavy (non-hydrogen) atoms. The molecule has 1 N–H and O–H groups in total. The molecule has 0 aromatic rings. The Balaban J connectivity index is 1.40. The molecule has 0 spiro atoms. The number of nitrogens with zero attached hydrogens (tertiary/aromatic N) is 1. The number of fused-ring (bicyclic) bond motifs is 1. The molecule has 0 radical (unpaired) electrons. The zero-order valence-electron chi connectivity index (χ0n) is 15.1. The van der Waals surface area contributed by atoms with Gasteiger partial charge in [0, 0.05) is 30.1 Å². The summed E-state index contributed by atoms with van der Waals surface area (Å²) in [6, 6.07) is 0.539. The van der Waals surface area contributed by atoms with E-state index < -0.39 is 0 Å². The van der Waals surface area contributed by atoms with E-state index in [1.807, 2.05) is 11.8 Å². The highest BCUT2D eigenvalue weighted by atomic mass is 32.2. The first-order valence-electron chi connectivity index (χ1n) is 9.20. The molecule has 4 heteroatoms. The maximum Gasteiger partial charge on any atom is 0.0900 e. The van der Waals surface area contributed by atoms with Crippen molar-refractivity contribution in [2.24, 2.45) is 17.3 Å². The van der Waals surface area contributed by atoms with Crippen LogP contribution in [0.25, 0.3) is 0 Å². The van der Waals surface area contributed by atoms with Gasteiger partial charge in [0.15, 0.2) is 0 Å². The van der Waals surface area contributed by atoms with Crippen molar-refractivity contribution in [2.45, 2.75) is 57.9 Å². The van der Waals surface area contributed by atoms with E-state index in [9.17, 15) is 5.11 Å². The van der Waals surface area contributed by atoms with Crippen molar-refractivity contribution in [2.75, 3.05) is 32.1 Å². The first-order valence-corrected chi connectivity index (χ1v) is 10.2. The molecule has 3 nitrogen and oxygen atoms in total. The first kappa shape index (κ1) is 17.8. The summed E-state index contributed by atoms with van der Waals surface area (Å²) < 4.78 is 5.88. The van der Waals surface area contributed by atoms with Gasteiger partial charge in [-0.1, -0.05) is 26.8 Å². The molecule has 1 saturated carbocycles. The minimum absolute atomic E-state index is 0.376. The molecule has 2 bridgehead atoms. The molecule has 0 amide bonds. The van der Waals surface area contributed by atoms with Gasteiger partial charge in [-0.25, -0.2) is 0 Å². The van der Waals surface area contributed by atoms with Crippen LogP contribution in [-0.4, -0.2) is 59.5 Å². The zero-order valence-corrected chi connectivity index (χ0v) is 15.9. The van der Waals surface area contributed by atoms with Crippen molar-refractivity contribution < 1.29 is 9.84 Å². The van der Waals surface area contributed by atoms with Crippen LogP contribution in [0.1, 0.15) is 40.5 Å². The van der Waals surface area contributed by atoms with E-state index in [1.54, 1.807) is 0 Å². The highest BCUT2D eigenvalue weighted by molar-refractivity contribution is 8.00. The van der Waals surface area contributed by atoms with Crippen LogP contribution < -0.4 is 0 Å². The second-order valence-electron chi connectivity index (χ2n) is 8.30. The predicted octanol–water partition coefficient (Wildman–Crippen LogP) is 3.18. The van der Waals surface area contributed by atoms with E-state index in [0.717, 1.165) is 19.0 Å². The third kappa shape index (κ3) is 3.65. The van der Waals surface area contributed by atoms with E-state index in [4.69, 9.17) is 4.74 Å². The monoisotopic (exact) mass is 339 g/mol. The summed E-state index contributed by atoms with van der Waals surface area (Å²) in [7, 11) is 0. The molecule has 1 aliphatic heterocycles. The van der Waals surface area contributed by atoms with Gasteiger partial charge in [0.25, 0.3) is 0 Å². The van der Waals surface area contributed by atoms with Crippen LogP contribution in [0.15, 0.2) is 11.6 Å². The second-order valence-corrected chi connectivity index (χ2v) is 9.79. The summed E-state index contributed by atoms with van der Waals surface area (Å²) in [6.07, 6.45) is 4.57. The summed E-state index contributed by atoms with van der Waals surface area (Å²) in [5.41, 5.74) is 1.93. The number of aliphatic hydroxyl groups is 1. The molecule has 0 aromatic carbocycles. The number of aliphatic hydroxyl groups excluding tert-OH is 1. The topological polar surface area (TPSA) is 32.7 Å². The van der Waals surface area contributed by atoms with Crippen molar-refractivity contribution in [1.82, 2.24) is 4.90 Å². The van der Waals surface area contributed by atoms with Crippen LogP contribution in [0.5, 0.6) is 0 Å². The van der Waals surface area contributed by atoms with Crippen molar-refractivity contribution in [3.63, 3.8) is 0 Å². The van der Waals surface area contributed by atoms with Gasteiger partial charge >= 0.3 is 0 Å². The average molecular weight is 340 g/mol. The van der Waals surface area contributed by atoms with Crippen LogP contribution in [-0.2, 0) is 4.74 Å². The lowest BCUT2D eigenvalue weighted by Gasteiger charge is -2.56. The van der Waals surface area contributed by atoms with Crippen LogP contribution in [0.2, 0.25) is 0 Å². The fraction of sp³-hybridized carbons (Fsp3) is 0.895. The zero-order chi connectivity index (χ0) is 16.6. The Morgan fingerprint density at radius 2 is 2.22 bits per heavy atom. The SMILES string of the molecule is C[C@@H]1SCCN(C[C@@H](O)COCC2=CC[C@H]3C[C@H]2C3(C)C)[C@@H]1C.